The molecule has 0 fully saturated rings. The zero-order valence-electron chi connectivity index (χ0n) is 12.1. The van der Waals surface area contributed by atoms with E-state index in [-0.39, 0.29) is 17.6 Å². The van der Waals surface area contributed by atoms with E-state index in [4.69, 9.17) is 4.74 Å². The van der Waals surface area contributed by atoms with Crippen molar-refractivity contribution in [3.8, 4) is 5.75 Å². The molecule has 0 radical (unpaired) electrons. The summed E-state index contributed by atoms with van der Waals surface area (Å²) in [7, 11) is 1.58. The van der Waals surface area contributed by atoms with Crippen LogP contribution in [0.4, 0.5) is 5.69 Å². The number of anilines is 1. The molecule has 1 atom stereocenters. The van der Waals surface area contributed by atoms with Crippen LogP contribution in [0, 0.1) is 0 Å². The largest absolute Gasteiger partial charge is 0.497 e. The molecule has 23 heavy (non-hydrogen) atoms. The van der Waals surface area contributed by atoms with Crippen LogP contribution < -0.4 is 15.4 Å². The molecule has 1 aromatic carbocycles. The Bertz CT molecular complexity index is 726. The second-order valence-corrected chi connectivity index (χ2v) is 5.61. The monoisotopic (exact) mass is 331 g/mol. The quantitative estimate of drug-likeness (QED) is 0.873. The van der Waals surface area contributed by atoms with E-state index in [1.165, 1.54) is 6.20 Å². The summed E-state index contributed by atoms with van der Waals surface area (Å²) in [5.74, 6) is 0.347. The Morgan fingerprint density at radius 1 is 1.39 bits per heavy atom. The average molecular weight is 331 g/mol. The predicted molar refractivity (Wildman–Crippen MR) is 86.4 cm³/mol. The van der Waals surface area contributed by atoms with E-state index in [0.717, 1.165) is 11.8 Å². The van der Waals surface area contributed by atoms with Crippen molar-refractivity contribution < 1.29 is 14.3 Å². The highest BCUT2D eigenvalue weighted by atomic mass is 32.2. The third-order valence-corrected chi connectivity index (χ3v) is 3.97. The summed E-state index contributed by atoms with van der Waals surface area (Å²) in [5, 5.41) is 13.2. The molecule has 118 valence electrons. The molecule has 8 nitrogen and oxygen atoms in total. The minimum Gasteiger partial charge on any atom is -0.497 e. The first kappa shape index (κ1) is 15.2. The van der Waals surface area contributed by atoms with E-state index in [9.17, 15) is 9.59 Å². The van der Waals surface area contributed by atoms with E-state index < -0.39 is 6.17 Å². The van der Waals surface area contributed by atoms with Crippen molar-refractivity contribution in [2.45, 2.75) is 6.17 Å². The fraction of sp³-hybridized carbons (Fsp3) is 0.214. The maximum Gasteiger partial charge on any atom is 0.258 e. The molecule has 0 aromatic heterocycles. The average Bonchev–Trinajstić information content (AvgIpc) is 3.03. The van der Waals surface area contributed by atoms with Crippen LogP contribution in [0.2, 0.25) is 0 Å². The summed E-state index contributed by atoms with van der Waals surface area (Å²) in [5.41, 5.74) is 1.08. The Morgan fingerprint density at radius 2 is 2.17 bits per heavy atom. The lowest BCUT2D eigenvalue weighted by Crippen LogP contribution is -2.38. The maximum absolute atomic E-state index is 11.9. The Morgan fingerprint density at radius 3 is 2.91 bits per heavy atom. The van der Waals surface area contributed by atoms with E-state index >= 15 is 0 Å². The fourth-order valence-electron chi connectivity index (χ4n) is 1.95. The first-order chi connectivity index (χ1) is 11.2. The van der Waals surface area contributed by atoms with Crippen LogP contribution >= 0.6 is 11.8 Å². The standard InChI is InChI=1S/C14H13N5O3S/c1-22-9-4-2-8(3-5-9)16-11(20)7-23-14-17-12-10(6-15-19-12)13(21)18-14/h2-6,12H,7H2,1H3,(H,16,20)(H,17,18,21). The van der Waals surface area contributed by atoms with Gasteiger partial charge in [0.1, 0.15) is 5.75 Å². The summed E-state index contributed by atoms with van der Waals surface area (Å²) in [6.07, 6.45) is 0.803. The predicted octanol–water partition coefficient (Wildman–Crippen LogP) is 1.53. The third kappa shape index (κ3) is 3.57. The molecule has 1 unspecified atom stereocenters. The van der Waals surface area contributed by atoms with Crippen LogP contribution in [0.15, 0.2) is 51.3 Å². The number of nitrogens with one attached hydrogen (secondary N) is 2. The third-order valence-electron chi connectivity index (χ3n) is 3.09. The van der Waals surface area contributed by atoms with Gasteiger partial charge in [0.25, 0.3) is 5.91 Å². The zero-order chi connectivity index (χ0) is 16.2. The first-order valence-electron chi connectivity index (χ1n) is 6.71. The van der Waals surface area contributed by atoms with Crippen molar-refractivity contribution in [3.05, 3.63) is 36.0 Å². The SMILES string of the molecule is COc1ccc(NC(=O)CSC2=NC3N=NC=C3C(=O)N2)cc1. The van der Waals surface area contributed by atoms with Gasteiger partial charge in [-0.05, 0) is 24.3 Å². The van der Waals surface area contributed by atoms with Gasteiger partial charge < -0.3 is 15.4 Å². The number of carbonyl (C=O) groups excluding carboxylic acids is 2. The van der Waals surface area contributed by atoms with Gasteiger partial charge in [-0.15, -0.1) is 0 Å². The maximum atomic E-state index is 11.9. The Balaban J connectivity index is 1.53. The molecular formula is C14H13N5O3S. The lowest BCUT2D eigenvalue weighted by atomic mass is 10.2. The van der Waals surface area contributed by atoms with Crippen LogP contribution in [-0.4, -0.2) is 36.0 Å². The number of ether oxygens (including phenoxy) is 1. The molecule has 0 aliphatic carbocycles. The minimum atomic E-state index is -0.587. The van der Waals surface area contributed by atoms with E-state index in [2.05, 4.69) is 25.9 Å². The van der Waals surface area contributed by atoms with Crippen LogP contribution in [0.5, 0.6) is 5.75 Å². The van der Waals surface area contributed by atoms with Crippen molar-refractivity contribution >= 4 is 34.4 Å². The Labute approximate surface area is 136 Å². The van der Waals surface area contributed by atoms with Crippen LogP contribution in [0.3, 0.4) is 0 Å². The van der Waals surface area contributed by atoms with Crippen molar-refractivity contribution in [1.82, 2.24) is 5.32 Å². The highest BCUT2D eigenvalue weighted by molar-refractivity contribution is 8.14. The number of amides is 2. The number of fused-ring (bicyclic) bond motifs is 1. The van der Waals surface area contributed by atoms with E-state index in [0.29, 0.717) is 22.2 Å². The molecule has 0 saturated carbocycles. The van der Waals surface area contributed by atoms with Gasteiger partial charge in [-0.1, -0.05) is 11.8 Å². The van der Waals surface area contributed by atoms with Crippen LogP contribution in [-0.2, 0) is 9.59 Å². The normalized spacial score (nSPS) is 18.7. The van der Waals surface area contributed by atoms with Crippen molar-refractivity contribution in [3.63, 3.8) is 0 Å². The van der Waals surface area contributed by atoms with Gasteiger partial charge in [-0.25, -0.2) is 4.99 Å². The minimum absolute atomic E-state index is 0.119. The first-order valence-corrected chi connectivity index (χ1v) is 7.70. The van der Waals surface area contributed by atoms with E-state index in [1.54, 1.807) is 31.4 Å². The van der Waals surface area contributed by atoms with Gasteiger partial charge in [0.15, 0.2) is 11.3 Å². The number of hydrogen-bond acceptors (Lipinski definition) is 7. The smallest absolute Gasteiger partial charge is 0.258 e. The Hall–Kier alpha value is -2.68. The number of aliphatic imine (C=N–C) groups is 1. The topological polar surface area (TPSA) is 105 Å². The fourth-order valence-corrected chi connectivity index (χ4v) is 2.63. The highest BCUT2D eigenvalue weighted by Crippen LogP contribution is 2.22. The molecule has 2 heterocycles. The highest BCUT2D eigenvalue weighted by Gasteiger charge is 2.29. The number of amidine groups is 1. The van der Waals surface area contributed by atoms with Crippen LogP contribution in [0.25, 0.3) is 0 Å². The van der Waals surface area contributed by atoms with Gasteiger partial charge in [0.05, 0.1) is 24.6 Å². The van der Waals surface area contributed by atoms with Gasteiger partial charge in [0.2, 0.25) is 5.91 Å². The number of azo groups is 1. The summed E-state index contributed by atoms with van der Waals surface area (Å²) >= 11 is 1.14. The molecule has 3 rings (SSSR count). The molecule has 1 aromatic rings. The zero-order valence-corrected chi connectivity index (χ0v) is 13.0. The Kier molecular flexibility index (Phi) is 4.38. The van der Waals surface area contributed by atoms with Gasteiger partial charge in [0, 0.05) is 5.69 Å². The number of rotatable bonds is 4. The molecule has 2 aliphatic heterocycles. The molecule has 0 spiro atoms. The van der Waals surface area contributed by atoms with Gasteiger partial charge in [-0.3, -0.25) is 9.59 Å². The summed E-state index contributed by atoms with van der Waals surface area (Å²) in [6, 6.07) is 7.01. The summed E-state index contributed by atoms with van der Waals surface area (Å²) in [6.45, 7) is 0. The molecule has 2 N–H and O–H groups in total. The summed E-state index contributed by atoms with van der Waals surface area (Å²) in [4.78, 5) is 27.9. The summed E-state index contributed by atoms with van der Waals surface area (Å²) < 4.78 is 5.05. The lowest BCUT2D eigenvalue weighted by molar-refractivity contribution is -0.116. The molecule has 2 amide bonds. The van der Waals surface area contributed by atoms with Crippen molar-refractivity contribution in [2.75, 3.05) is 18.2 Å². The molecule has 0 saturated heterocycles. The van der Waals surface area contributed by atoms with E-state index in [1.807, 2.05) is 0 Å². The molecule has 0 bridgehead atoms. The number of hydrogen-bond donors (Lipinski definition) is 2. The van der Waals surface area contributed by atoms with Gasteiger partial charge >= 0.3 is 0 Å². The van der Waals surface area contributed by atoms with Crippen molar-refractivity contribution in [2.24, 2.45) is 15.2 Å². The lowest BCUT2D eigenvalue weighted by Gasteiger charge is -2.16. The number of nitrogens with zero attached hydrogens (tertiary/aromatic N) is 3. The van der Waals surface area contributed by atoms with Crippen molar-refractivity contribution in [1.29, 1.82) is 0 Å². The van der Waals surface area contributed by atoms with Gasteiger partial charge in [-0.2, -0.15) is 10.2 Å². The number of methoxy groups -OCH3 is 1. The number of benzene rings is 1. The second kappa shape index (κ2) is 6.61. The molecule has 2 aliphatic rings. The number of thioether (sulfide) groups is 1. The molecule has 9 heteroatoms. The van der Waals surface area contributed by atoms with Crippen LogP contribution in [0.1, 0.15) is 0 Å². The molecular weight excluding hydrogens is 318 g/mol. The second-order valence-electron chi connectivity index (χ2n) is 4.64. The number of carbonyl (C=O) groups is 2.